The maximum Gasteiger partial charge on any atom is 0.237 e. The Bertz CT molecular complexity index is 726. The van der Waals surface area contributed by atoms with Gasteiger partial charge in [-0.25, -0.2) is 0 Å². The molecule has 0 aliphatic carbocycles. The van der Waals surface area contributed by atoms with Crippen molar-refractivity contribution in [1.29, 1.82) is 0 Å². The highest BCUT2D eigenvalue weighted by Gasteiger charge is 2.17. The number of amides is 2. The van der Waals surface area contributed by atoms with Gasteiger partial charge in [0.15, 0.2) is 0 Å². The third kappa shape index (κ3) is 5.44. The Balaban J connectivity index is 2.09. The van der Waals surface area contributed by atoms with E-state index in [1.165, 1.54) is 11.8 Å². The highest BCUT2D eigenvalue weighted by atomic mass is 35.5. The van der Waals surface area contributed by atoms with Crippen LogP contribution in [0.4, 0.5) is 5.69 Å². The highest BCUT2D eigenvalue weighted by molar-refractivity contribution is 8.00. The molecule has 0 fully saturated rings. The van der Waals surface area contributed by atoms with Gasteiger partial charge in [-0.05, 0) is 30.3 Å². The summed E-state index contributed by atoms with van der Waals surface area (Å²) in [7, 11) is 0. The largest absolute Gasteiger partial charge is 0.370 e. The minimum atomic E-state index is -0.450. The van der Waals surface area contributed by atoms with E-state index in [2.05, 4.69) is 0 Å². The number of rotatable bonds is 7. The quantitative estimate of drug-likeness (QED) is 0.736. The van der Waals surface area contributed by atoms with E-state index in [4.69, 9.17) is 28.9 Å². The smallest absolute Gasteiger partial charge is 0.237 e. The van der Waals surface area contributed by atoms with Crippen LogP contribution in [0.3, 0.4) is 0 Å². The van der Waals surface area contributed by atoms with Gasteiger partial charge in [-0.2, -0.15) is 0 Å². The van der Waals surface area contributed by atoms with Crippen molar-refractivity contribution >= 4 is 52.5 Å². The van der Waals surface area contributed by atoms with Crippen molar-refractivity contribution in [2.75, 3.05) is 17.2 Å². The van der Waals surface area contributed by atoms with E-state index in [1.54, 1.807) is 23.1 Å². The number of carbonyl (C=O) groups excluding carboxylic acids is 2. The Hall–Kier alpha value is -1.69. The van der Waals surface area contributed by atoms with Crippen molar-refractivity contribution in [2.45, 2.75) is 11.3 Å². The summed E-state index contributed by atoms with van der Waals surface area (Å²) >= 11 is 13.4. The average Bonchev–Trinajstić information content (AvgIpc) is 2.56. The first-order chi connectivity index (χ1) is 11.5. The predicted molar refractivity (Wildman–Crippen MR) is 99.8 cm³/mol. The molecule has 0 aromatic heterocycles. The normalized spacial score (nSPS) is 10.4. The molecular weight excluding hydrogens is 367 g/mol. The Labute approximate surface area is 154 Å². The molecule has 7 heteroatoms. The Morgan fingerprint density at radius 3 is 2.46 bits per heavy atom. The minimum absolute atomic E-state index is 0.100. The zero-order valence-corrected chi connectivity index (χ0v) is 15.1. The summed E-state index contributed by atoms with van der Waals surface area (Å²) in [5.41, 5.74) is 5.93. The van der Waals surface area contributed by atoms with E-state index >= 15 is 0 Å². The van der Waals surface area contributed by atoms with Crippen molar-refractivity contribution in [3.63, 3.8) is 0 Å². The molecule has 0 aliphatic heterocycles. The average molecular weight is 383 g/mol. The van der Waals surface area contributed by atoms with Crippen LogP contribution in [-0.4, -0.2) is 24.1 Å². The summed E-state index contributed by atoms with van der Waals surface area (Å²) < 4.78 is 0. The number of halogens is 2. The van der Waals surface area contributed by atoms with Crippen LogP contribution in [-0.2, 0) is 9.59 Å². The monoisotopic (exact) mass is 382 g/mol. The standard InChI is InChI=1S/C17H16Cl2N2O2S/c18-12-6-7-14(19)15(10-12)24-11-17(23)21(9-8-16(20)22)13-4-2-1-3-5-13/h1-7,10H,8-9,11H2,(H2,20,22). The first kappa shape index (κ1) is 18.6. The topological polar surface area (TPSA) is 63.4 Å². The van der Waals surface area contributed by atoms with Crippen molar-refractivity contribution < 1.29 is 9.59 Å². The molecule has 2 aromatic rings. The van der Waals surface area contributed by atoms with Gasteiger partial charge in [0.05, 0.1) is 10.8 Å². The lowest BCUT2D eigenvalue weighted by molar-refractivity contribution is -0.118. The fourth-order valence-corrected chi connectivity index (χ4v) is 3.40. The van der Waals surface area contributed by atoms with E-state index in [9.17, 15) is 9.59 Å². The van der Waals surface area contributed by atoms with Crippen LogP contribution in [0, 0.1) is 0 Å². The molecule has 0 saturated carbocycles. The van der Waals surface area contributed by atoms with Gasteiger partial charge in [-0.1, -0.05) is 41.4 Å². The van der Waals surface area contributed by atoms with Gasteiger partial charge in [0.25, 0.3) is 0 Å². The van der Waals surface area contributed by atoms with Gasteiger partial charge in [-0.3, -0.25) is 9.59 Å². The number of nitrogens with zero attached hydrogens (tertiary/aromatic N) is 1. The molecule has 0 heterocycles. The van der Waals surface area contributed by atoms with Gasteiger partial charge >= 0.3 is 0 Å². The third-order valence-electron chi connectivity index (χ3n) is 3.20. The second-order valence-corrected chi connectivity index (χ2v) is 6.82. The number of primary amides is 1. The highest BCUT2D eigenvalue weighted by Crippen LogP contribution is 2.30. The number of benzene rings is 2. The fraction of sp³-hybridized carbons (Fsp3) is 0.176. The van der Waals surface area contributed by atoms with E-state index in [0.717, 1.165) is 10.6 Å². The third-order valence-corrected chi connectivity index (χ3v) is 4.91. The van der Waals surface area contributed by atoms with Crippen molar-refractivity contribution in [3.8, 4) is 0 Å². The molecule has 2 N–H and O–H groups in total. The van der Waals surface area contributed by atoms with Crippen LogP contribution in [0.25, 0.3) is 0 Å². The summed E-state index contributed by atoms with van der Waals surface area (Å²) in [5, 5.41) is 1.10. The fourth-order valence-electron chi connectivity index (χ4n) is 2.03. The molecule has 2 amide bonds. The Kier molecular flexibility index (Phi) is 6.97. The molecule has 0 radical (unpaired) electrons. The van der Waals surface area contributed by atoms with Crippen molar-refractivity contribution in [3.05, 3.63) is 58.6 Å². The first-order valence-corrected chi connectivity index (χ1v) is 8.93. The summed E-state index contributed by atoms with van der Waals surface area (Å²) in [4.78, 5) is 26.0. The summed E-state index contributed by atoms with van der Waals surface area (Å²) in [6.45, 7) is 0.238. The Morgan fingerprint density at radius 1 is 1.08 bits per heavy atom. The molecular formula is C17H16Cl2N2O2S. The maximum absolute atomic E-state index is 12.6. The number of carbonyl (C=O) groups is 2. The van der Waals surface area contributed by atoms with Crippen LogP contribution in [0.2, 0.25) is 10.0 Å². The van der Waals surface area contributed by atoms with Crippen molar-refractivity contribution in [2.24, 2.45) is 5.73 Å². The van der Waals surface area contributed by atoms with Gasteiger partial charge in [-0.15, -0.1) is 11.8 Å². The predicted octanol–water partition coefficient (Wildman–Crippen LogP) is 3.99. The van der Waals surface area contributed by atoms with Gasteiger partial charge in [0.1, 0.15) is 0 Å². The zero-order valence-electron chi connectivity index (χ0n) is 12.7. The van der Waals surface area contributed by atoms with Crippen molar-refractivity contribution in [1.82, 2.24) is 0 Å². The molecule has 2 aromatic carbocycles. The van der Waals surface area contributed by atoms with E-state index < -0.39 is 5.91 Å². The second-order valence-electron chi connectivity index (χ2n) is 4.96. The molecule has 0 unspecified atom stereocenters. The molecule has 0 bridgehead atoms. The van der Waals surface area contributed by atoms with Crippen LogP contribution in [0.15, 0.2) is 53.4 Å². The molecule has 24 heavy (non-hydrogen) atoms. The lowest BCUT2D eigenvalue weighted by atomic mass is 10.2. The second kappa shape index (κ2) is 8.97. The maximum atomic E-state index is 12.6. The van der Waals surface area contributed by atoms with E-state index in [0.29, 0.717) is 10.0 Å². The van der Waals surface area contributed by atoms with Gasteiger partial charge in [0.2, 0.25) is 11.8 Å². The number of anilines is 1. The molecule has 4 nitrogen and oxygen atoms in total. The first-order valence-electron chi connectivity index (χ1n) is 7.19. The SMILES string of the molecule is NC(=O)CCN(C(=O)CSc1cc(Cl)ccc1Cl)c1ccccc1. The zero-order chi connectivity index (χ0) is 17.5. The number of thioether (sulfide) groups is 1. The molecule has 126 valence electrons. The lowest BCUT2D eigenvalue weighted by Crippen LogP contribution is -2.35. The van der Waals surface area contributed by atoms with E-state index in [-0.39, 0.29) is 24.6 Å². The minimum Gasteiger partial charge on any atom is -0.370 e. The molecule has 0 saturated heterocycles. The Morgan fingerprint density at radius 2 is 1.79 bits per heavy atom. The van der Waals surface area contributed by atoms with Crippen LogP contribution in [0.5, 0.6) is 0 Å². The number of hydrogen-bond acceptors (Lipinski definition) is 3. The van der Waals surface area contributed by atoms with Crippen LogP contribution >= 0.6 is 35.0 Å². The molecule has 0 atom stereocenters. The number of nitrogens with two attached hydrogens (primary N) is 1. The summed E-state index contributed by atoms with van der Waals surface area (Å²) in [5.74, 6) is -0.411. The van der Waals surface area contributed by atoms with E-state index in [1.807, 2.05) is 30.3 Å². The van der Waals surface area contributed by atoms with Crippen LogP contribution < -0.4 is 10.6 Å². The van der Waals surface area contributed by atoms with Crippen LogP contribution in [0.1, 0.15) is 6.42 Å². The molecule has 0 aliphatic rings. The summed E-state index contributed by atoms with van der Waals surface area (Å²) in [6, 6.07) is 14.3. The van der Waals surface area contributed by atoms with Gasteiger partial charge < -0.3 is 10.6 Å². The lowest BCUT2D eigenvalue weighted by Gasteiger charge is -2.22. The number of hydrogen-bond donors (Lipinski definition) is 1. The summed E-state index contributed by atoms with van der Waals surface area (Å²) in [6.07, 6.45) is 0.100. The molecule has 0 spiro atoms. The van der Waals surface area contributed by atoms with Gasteiger partial charge in [0, 0.05) is 28.6 Å². The number of para-hydroxylation sites is 1. The molecule has 2 rings (SSSR count).